The van der Waals surface area contributed by atoms with Crippen LogP contribution in [-0.2, 0) is 19.9 Å². The van der Waals surface area contributed by atoms with Crippen LogP contribution in [0.2, 0.25) is 0 Å². The van der Waals surface area contributed by atoms with E-state index in [9.17, 15) is 16.8 Å². The molecule has 0 aliphatic carbocycles. The molecule has 3 aromatic rings. The molecule has 0 radical (unpaired) electrons. The third kappa shape index (κ3) is 4.36. The van der Waals surface area contributed by atoms with Gasteiger partial charge in [-0.2, -0.15) is 0 Å². The van der Waals surface area contributed by atoms with E-state index in [-0.39, 0.29) is 14.7 Å². The second-order valence-corrected chi connectivity index (χ2v) is 9.52. The fourth-order valence-corrected chi connectivity index (χ4v) is 4.50. The van der Waals surface area contributed by atoms with Crippen molar-refractivity contribution in [3.63, 3.8) is 0 Å². The molecule has 27 heavy (non-hydrogen) atoms. The van der Waals surface area contributed by atoms with E-state index in [1.807, 2.05) is 6.92 Å². The molecule has 8 heteroatoms. The molecule has 0 saturated heterocycles. The number of nitrogens with one attached hydrogen (secondary N) is 2. The van der Waals surface area contributed by atoms with Crippen LogP contribution in [0, 0.1) is 6.92 Å². The zero-order chi connectivity index (χ0) is 19.5. The molecule has 0 unspecified atom stereocenters. The van der Waals surface area contributed by atoms with Gasteiger partial charge in [0.25, 0.3) is 10.0 Å². The highest BCUT2D eigenvalue weighted by molar-refractivity contribution is 7.91. The fourth-order valence-electron chi connectivity index (χ4n) is 2.36. The summed E-state index contributed by atoms with van der Waals surface area (Å²) < 4.78 is 49.6. The highest BCUT2D eigenvalue weighted by Crippen LogP contribution is 2.22. The van der Waals surface area contributed by atoms with Gasteiger partial charge in [0.2, 0.25) is 9.84 Å². The van der Waals surface area contributed by atoms with E-state index in [0.29, 0.717) is 5.69 Å². The molecule has 140 valence electrons. The second-order valence-electron chi connectivity index (χ2n) is 5.88. The number of aryl methyl sites for hydroxylation is 1. The van der Waals surface area contributed by atoms with Crippen molar-refractivity contribution in [2.75, 3.05) is 5.43 Å². The Bertz CT molecular complexity index is 1120. The molecule has 0 heterocycles. The topological polar surface area (TPSA) is 92.3 Å². The van der Waals surface area contributed by atoms with Crippen molar-refractivity contribution in [2.45, 2.75) is 21.6 Å². The highest BCUT2D eigenvalue weighted by Gasteiger charge is 2.17. The van der Waals surface area contributed by atoms with Crippen molar-refractivity contribution in [3.05, 3.63) is 84.4 Å². The van der Waals surface area contributed by atoms with E-state index in [0.717, 1.165) is 5.56 Å². The van der Waals surface area contributed by atoms with E-state index < -0.39 is 19.9 Å². The van der Waals surface area contributed by atoms with Crippen molar-refractivity contribution in [2.24, 2.45) is 0 Å². The second kappa shape index (κ2) is 7.51. The predicted molar refractivity (Wildman–Crippen MR) is 103 cm³/mol. The molecule has 0 aliphatic rings. The molecular formula is C19H18N2O4S2. The SMILES string of the molecule is Cc1ccc(S(=O)(=O)c2ccc(NNS(=O)(=O)c3ccccc3)cc2)cc1. The molecule has 0 fully saturated rings. The standard InChI is InChI=1S/C19H18N2O4S2/c1-15-7-11-17(12-8-15)26(22,23)18-13-9-16(10-14-18)20-21-27(24,25)19-5-3-2-4-6-19/h2-14,20-21H,1H3. The van der Waals surface area contributed by atoms with Gasteiger partial charge in [-0.1, -0.05) is 35.9 Å². The van der Waals surface area contributed by atoms with Crippen LogP contribution >= 0.6 is 0 Å². The van der Waals surface area contributed by atoms with Gasteiger partial charge in [-0.15, -0.1) is 4.83 Å². The van der Waals surface area contributed by atoms with Gasteiger partial charge in [0.05, 0.1) is 14.7 Å². The Morgan fingerprint density at radius 2 is 1.15 bits per heavy atom. The van der Waals surface area contributed by atoms with E-state index in [1.165, 1.54) is 36.4 Å². The van der Waals surface area contributed by atoms with Crippen LogP contribution in [0.5, 0.6) is 0 Å². The van der Waals surface area contributed by atoms with Crippen LogP contribution < -0.4 is 10.3 Å². The van der Waals surface area contributed by atoms with Gasteiger partial charge in [0, 0.05) is 5.69 Å². The maximum Gasteiger partial charge on any atom is 0.257 e. The van der Waals surface area contributed by atoms with E-state index in [2.05, 4.69) is 10.3 Å². The van der Waals surface area contributed by atoms with Gasteiger partial charge in [0.1, 0.15) is 0 Å². The molecule has 6 nitrogen and oxygen atoms in total. The van der Waals surface area contributed by atoms with E-state index >= 15 is 0 Å². The van der Waals surface area contributed by atoms with Gasteiger partial charge < -0.3 is 5.43 Å². The maximum absolute atomic E-state index is 12.6. The maximum atomic E-state index is 12.6. The zero-order valence-electron chi connectivity index (χ0n) is 14.5. The molecule has 0 bridgehead atoms. The third-order valence-electron chi connectivity index (χ3n) is 3.88. The molecule has 0 amide bonds. The molecule has 0 spiro atoms. The van der Waals surface area contributed by atoms with Crippen LogP contribution in [0.15, 0.2) is 93.5 Å². The number of anilines is 1. The number of hydrogen-bond acceptors (Lipinski definition) is 5. The normalized spacial score (nSPS) is 11.9. The van der Waals surface area contributed by atoms with Crippen molar-refractivity contribution in [3.8, 4) is 0 Å². The summed E-state index contributed by atoms with van der Waals surface area (Å²) >= 11 is 0. The van der Waals surface area contributed by atoms with Gasteiger partial charge in [0.15, 0.2) is 0 Å². The molecule has 0 aliphatic heterocycles. The van der Waals surface area contributed by atoms with Crippen LogP contribution in [-0.4, -0.2) is 16.8 Å². The van der Waals surface area contributed by atoms with Gasteiger partial charge in [-0.25, -0.2) is 16.8 Å². The lowest BCUT2D eigenvalue weighted by molar-refractivity contribution is 0.587. The number of sulfone groups is 1. The van der Waals surface area contributed by atoms with E-state index in [4.69, 9.17) is 0 Å². The molecule has 3 aromatic carbocycles. The minimum atomic E-state index is -3.72. The monoisotopic (exact) mass is 402 g/mol. The number of sulfonamides is 1. The highest BCUT2D eigenvalue weighted by atomic mass is 32.2. The van der Waals surface area contributed by atoms with E-state index in [1.54, 1.807) is 42.5 Å². The summed E-state index contributed by atoms with van der Waals surface area (Å²) in [6.07, 6.45) is 0. The van der Waals surface area contributed by atoms with Crippen molar-refractivity contribution in [1.82, 2.24) is 4.83 Å². The van der Waals surface area contributed by atoms with Crippen LogP contribution in [0.4, 0.5) is 5.69 Å². The zero-order valence-corrected chi connectivity index (χ0v) is 16.1. The Labute approximate surface area is 158 Å². The molecule has 2 N–H and O–H groups in total. The number of hydrazine groups is 1. The summed E-state index contributed by atoms with van der Waals surface area (Å²) in [4.78, 5) is 2.72. The predicted octanol–water partition coefficient (Wildman–Crippen LogP) is 3.13. The summed E-state index contributed by atoms with van der Waals surface area (Å²) in [5, 5.41) is 0. The van der Waals surface area contributed by atoms with Crippen LogP contribution in [0.1, 0.15) is 5.56 Å². The van der Waals surface area contributed by atoms with Gasteiger partial charge >= 0.3 is 0 Å². The fraction of sp³-hybridized carbons (Fsp3) is 0.0526. The third-order valence-corrected chi connectivity index (χ3v) is 6.93. The Kier molecular flexibility index (Phi) is 5.31. The van der Waals surface area contributed by atoms with Gasteiger partial charge in [-0.05, 0) is 55.5 Å². The molecule has 3 rings (SSSR count). The minimum absolute atomic E-state index is 0.121. The summed E-state index contributed by atoms with van der Waals surface area (Å²) in [7, 11) is -7.35. The van der Waals surface area contributed by atoms with Gasteiger partial charge in [-0.3, -0.25) is 0 Å². The summed E-state index contributed by atoms with van der Waals surface area (Å²) in [6.45, 7) is 1.88. The molecule has 0 saturated carbocycles. The number of hydrogen-bond donors (Lipinski definition) is 2. The first-order valence-corrected chi connectivity index (χ1v) is 11.0. The first kappa shape index (κ1) is 19.1. The lowest BCUT2D eigenvalue weighted by atomic mass is 10.2. The summed E-state index contributed by atoms with van der Waals surface area (Å²) in [6, 6.07) is 20.4. The van der Waals surface area contributed by atoms with Crippen LogP contribution in [0.25, 0.3) is 0 Å². The average molecular weight is 402 g/mol. The Hall–Kier alpha value is -2.68. The number of benzene rings is 3. The summed E-state index contributed by atoms with van der Waals surface area (Å²) in [5.74, 6) is 0. The first-order valence-electron chi connectivity index (χ1n) is 8.04. The molecule has 0 atom stereocenters. The minimum Gasteiger partial charge on any atom is -0.308 e. The molecule has 0 aromatic heterocycles. The Morgan fingerprint density at radius 3 is 1.70 bits per heavy atom. The lowest BCUT2D eigenvalue weighted by Crippen LogP contribution is -2.29. The quantitative estimate of drug-likeness (QED) is 0.618. The smallest absolute Gasteiger partial charge is 0.257 e. The Morgan fingerprint density at radius 1 is 0.630 bits per heavy atom. The van der Waals surface area contributed by atoms with Crippen molar-refractivity contribution >= 4 is 25.5 Å². The van der Waals surface area contributed by atoms with Crippen LogP contribution in [0.3, 0.4) is 0 Å². The van der Waals surface area contributed by atoms with Crippen molar-refractivity contribution < 1.29 is 16.8 Å². The number of rotatable bonds is 6. The lowest BCUT2D eigenvalue weighted by Gasteiger charge is -2.10. The molecular weight excluding hydrogens is 384 g/mol. The largest absolute Gasteiger partial charge is 0.308 e. The summed E-state index contributed by atoms with van der Waals surface area (Å²) in [5.41, 5.74) is 3.96. The van der Waals surface area contributed by atoms with Crippen molar-refractivity contribution in [1.29, 1.82) is 0 Å². The average Bonchev–Trinajstić information content (AvgIpc) is 2.68. The first-order chi connectivity index (χ1) is 12.8. The Balaban J connectivity index is 1.75.